The van der Waals surface area contributed by atoms with Crippen LogP contribution < -0.4 is 10.2 Å². The van der Waals surface area contributed by atoms with E-state index in [1.54, 1.807) is 0 Å². The van der Waals surface area contributed by atoms with Crippen molar-refractivity contribution in [3.63, 3.8) is 0 Å². The Morgan fingerprint density at radius 3 is 2.30 bits per heavy atom. The Hall–Kier alpha value is -2.17. The highest BCUT2D eigenvalue weighted by molar-refractivity contribution is 5.58. The molecule has 5 nitrogen and oxygen atoms in total. The Kier molecular flexibility index (Phi) is 4.50. The van der Waals surface area contributed by atoms with Gasteiger partial charge in [0.05, 0.1) is 0 Å². The van der Waals surface area contributed by atoms with Gasteiger partial charge in [-0.15, -0.1) is 0 Å². The first-order valence-electron chi connectivity index (χ1n) is 6.84. The van der Waals surface area contributed by atoms with E-state index in [9.17, 15) is 0 Å². The van der Waals surface area contributed by atoms with Crippen molar-refractivity contribution in [1.29, 1.82) is 0 Å². The zero-order valence-electron chi connectivity index (χ0n) is 12.5. The lowest BCUT2D eigenvalue weighted by atomic mass is 10.1. The monoisotopic (exact) mass is 271 g/mol. The van der Waals surface area contributed by atoms with Crippen molar-refractivity contribution in [2.45, 2.75) is 19.8 Å². The molecular weight excluding hydrogens is 250 g/mol. The highest BCUT2D eigenvalue weighted by Gasteiger charge is 2.09. The SMILES string of the molecule is CCCc1ccc(-c2nc(NC)nc(N(C)C)n2)cc1. The van der Waals surface area contributed by atoms with Gasteiger partial charge in [-0.1, -0.05) is 37.6 Å². The number of nitrogens with zero attached hydrogens (tertiary/aromatic N) is 4. The van der Waals surface area contributed by atoms with Crippen LogP contribution in [0.25, 0.3) is 11.4 Å². The van der Waals surface area contributed by atoms with Gasteiger partial charge >= 0.3 is 0 Å². The van der Waals surface area contributed by atoms with Crippen LogP contribution in [0.5, 0.6) is 0 Å². The standard InChI is InChI=1S/C15H21N5/c1-5-6-11-7-9-12(10-8-11)13-17-14(16-2)19-15(18-13)20(3)4/h7-10H,5-6H2,1-4H3,(H,16,17,18,19). The fourth-order valence-corrected chi connectivity index (χ4v) is 1.91. The van der Waals surface area contributed by atoms with E-state index >= 15 is 0 Å². The highest BCUT2D eigenvalue weighted by Crippen LogP contribution is 2.19. The Morgan fingerprint density at radius 1 is 1.05 bits per heavy atom. The van der Waals surface area contributed by atoms with Gasteiger partial charge in [0.1, 0.15) is 0 Å². The summed E-state index contributed by atoms with van der Waals surface area (Å²) in [4.78, 5) is 15.1. The third kappa shape index (κ3) is 3.23. The van der Waals surface area contributed by atoms with E-state index < -0.39 is 0 Å². The van der Waals surface area contributed by atoms with Crippen LogP contribution in [0.4, 0.5) is 11.9 Å². The Morgan fingerprint density at radius 2 is 1.75 bits per heavy atom. The molecule has 1 aromatic carbocycles. The number of anilines is 2. The molecule has 0 aliphatic heterocycles. The maximum Gasteiger partial charge on any atom is 0.230 e. The number of aryl methyl sites for hydroxylation is 1. The molecule has 5 heteroatoms. The van der Waals surface area contributed by atoms with Gasteiger partial charge in [0, 0.05) is 26.7 Å². The van der Waals surface area contributed by atoms with E-state index in [0.717, 1.165) is 18.4 Å². The number of hydrogen-bond donors (Lipinski definition) is 1. The number of rotatable bonds is 5. The van der Waals surface area contributed by atoms with E-state index in [4.69, 9.17) is 0 Å². The van der Waals surface area contributed by atoms with Gasteiger partial charge in [-0.3, -0.25) is 0 Å². The van der Waals surface area contributed by atoms with Gasteiger partial charge in [0.2, 0.25) is 11.9 Å². The van der Waals surface area contributed by atoms with Gasteiger partial charge in [0.25, 0.3) is 0 Å². The summed E-state index contributed by atoms with van der Waals surface area (Å²) >= 11 is 0. The summed E-state index contributed by atoms with van der Waals surface area (Å²) in [6.45, 7) is 2.18. The van der Waals surface area contributed by atoms with Crippen LogP contribution in [0.2, 0.25) is 0 Å². The van der Waals surface area contributed by atoms with Crippen LogP contribution in [-0.2, 0) is 6.42 Å². The molecule has 2 rings (SSSR count). The van der Waals surface area contributed by atoms with Gasteiger partial charge in [-0.25, -0.2) is 0 Å². The molecule has 1 N–H and O–H groups in total. The van der Waals surface area contributed by atoms with Gasteiger partial charge in [-0.05, 0) is 12.0 Å². The smallest absolute Gasteiger partial charge is 0.230 e. The maximum atomic E-state index is 4.49. The van der Waals surface area contributed by atoms with E-state index in [2.05, 4.69) is 51.5 Å². The zero-order chi connectivity index (χ0) is 14.5. The van der Waals surface area contributed by atoms with Crippen LogP contribution in [0, 0.1) is 0 Å². The lowest BCUT2D eigenvalue weighted by molar-refractivity contribution is 0.921. The normalized spacial score (nSPS) is 10.4. The van der Waals surface area contributed by atoms with Gasteiger partial charge in [-0.2, -0.15) is 15.0 Å². The molecule has 0 atom stereocenters. The molecule has 0 radical (unpaired) electrons. The summed E-state index contributed by atoms with van der Waals surface area (Å²) in [6.07, 6.45) is 2.25. The van der Waals surface area contributed by atoms with Crippen LogP contribution >= 0.6 is 0 Å². The van der Waals surface area contributed by atoms with Crippen molar-refractivity contribution in [2.24, 2.45) is 0 Å². The molecule has 2 aromatic rings. The first kappa shape index (κ1) is 14.2. The topological polar surface area (TPSA) is 53.9 Å². The number of nitrogens with one attached hydrogen (secondary N) is 1. The second kappa shape index (κ2) is 6.32. The van der Waals surface area contributed by atoms with Crippen molar-refractivity contribution in [2.75, 3.05) is 31.4 Å². The molecule has 20 heavy (non-hydrogen) atoms. The molecule has 1 heterocycles. The molecule has 0 aliphatic carbocycles. The molecule has 1 aromatic heterocycles. The largest absolute Gasteiger partial charge is 0.357 e. The molecule has 106 valence electrons. The lowest BCUT2D eigenvalue weighted by Gasteiger charge is -2.12. The van der Waals surface area contributed by atoms with Gasteiger partial charge in [0.15, 0.2) is 5.82 Å². The maximum absolute atomic E-state index is 4.49. The van der Waals surface area contributed by atoms with E-state index in [-0.39, 0.29) is 0 Å². The highest BCUT2D eigenvalue weighted by atomic mass is 15.3. The minimum Gasteiger partial charge on any atom is -0.357 e. The third-order valence-corrected chi connectivity index (χ3v) is 3.00. The van der Waals surface area contributed by atoms with Crippen molar-refractivity contribution >= 4 is 11.9 Å². The van der Waals surface area contributed by atoms with Crippen molar-refractivity contribution in [3.8, 4) is 11.4 Å². The molecular formula is C15H21N5. The summed E-state index contributed by atoms with van der Waals surface area (Å²) in [5, 5.41) is 2.98. The predicted molar refractivity (Wildman–Crippen MR) is 83.1 cm³/mol. The minimum atomic E-state index is 0.580. The van der Waals surface area contributed by atoms with Crippen LogP contribution in [0.15, 0.2) is 24.3 Å². The summed E-state index contributed by atoms with van der Waals surface area (Å²) in [7, 11) is 5.65. The molecule has 0 unspecified atom stereocenters. The molecule has 0 aliphatic rings. The number of aromatic nitrogens is 3. The first-order valence-corrected chi connectivity index (χ1v) is 6.84. The minimum absolute atomic E-state index is 0.580. The second-order valence-electron chi connectivity index (χ2n) is 4.87. The molecule has 0 saturated carbocycles. The lowest BCUT2D eigenvalue weighted by Crippen LogP contribution is -2.15. The number of benzene rings is 1. The van der Waals surface area contributed by atoms with E-state index in [1.165, 1.54) is 5.56 Å². The summed E-state index contributed by atoms with van der Waals surface area (Å²) in [6, 6.07) is 8.41. The average molecular weight is 271 g/mol. The first-order chi connectivity index (χ1) is 9.63. The zero-order valence-corrected chi connectivity index (χ0v) is 12.5. The van der Waals surface area contributed by atoms with Crippen LogP contribution in [0.3, 0.4) is 0 Å². The summed E-state index contributed by atoms with van der Waals surface area (Å²) < 4.78 is 0. The van der Waals surface area contributed by atoms with Crippen molar-refractivity contribution < 1.29 is 0 Å². The fraction of sp³-hybridized carbons (Fsp3) is 0.400. The summed E-state index contributed by atoms with van der Waals surface area (Å²) in [5.74, 6) is 1.92. The van der Waals surface area contributed by atoms with E-state index in [1.807, 2.05) is 26.0 Å². The van der Waals surface area contributed by atoms with Crippen LogP contribution in [-0.4, -0.2) is 36.1 Å². The Bertz CT molecular complexity index is 563. The van der Waals surface area contributed by atoms with Crippen LogP contribution in [0.1, 0.15) is 18.9 Å². The number of hydrogen-bond acceptors (Lipinski definition) is 5. The molecule has 0 fully saturated rings. The predicted octanol–water partition coefficient (Wildman–Crippen LogP) is 2.60. The fourth-order valence-electron chi connectivity index (χ4n) is 1.91. The quantitative estimate of drug-likeness (QED) is 0.906. The molecule has 0 spiro atoms. The Labute approximate surface area is 120 Å². The Balaban J connectivity index is 2.37. The summed E-state index contributed by atoms with van der Waals surface area (Å²) in [5.41, 5.74) is 2.35. The average Bonchev–Trinajstić information content (AvgIpc) is 2.47. The van der Waals surface area contributed by atoms with Crippen molar-refractivity contribution in [1.82, 2.24) is 15.0 Å². The van der Waals surface area contributed by atoms with Crippen molar-refractivity contribution in [3.05, 3.63) is 29.8 Å². The van der Waals surface area contributed by atoms with Gasteiger partial charge < -0.3 is 10.2 Å². The van der Waals surface area contributed by atoms with E-state index in [0.29, 0.717) is 17.7 Å². The third-order valence-electron chi connectivity index (χ3n) is 3.00. The second-order valence-corrected chi connectivity index (χ2v) is 4.87. The molecule has 0 saturated heterocycles. The molecule has 0 amide bonds. The molecule has 0 bridgehead atoms.